The molecule has 4 nitrogen and oxygen atoms in total. The van der Waals surface area contributed by atoms with Gasteiger partial charge in [-0.3, -0.25) is 0 Å². The van der Waals surface area contributed by atoms with E-state index in [1.165, 1.54) is 24.2 Å². The van der Waals surface area contributed by atoms with Gasteiger partial charge >= 0.3 is 0 Å². The van der Waals surface area contributed by atoms with Crippen molar-refractivity contribution in [3.05, 3.63) is 39.8 Å². The highest BCUT2D eigenvalue weighted by molar-refractivity contribution is 7.11. The molecule has 0 saturated heterocycles. The topological polar surface area (TPSA) is 51.6 Å². The van der Waals surface area contributed by atoms with E-state index in [9.17, 15) is 5.11 Å². The quantitative estimate of drug-likeness (QED) is 0.888. The van der Waals surface area contributed by atoms with Crippen LogP contribution in [0.2, 0.25) is 0 Å². The van der Waals surface area contributed by atoms with E-state index in [2.05, 4.69) is 4.98 Å². The van der Waals surface area contributed by atoms with Gasteiger partial charge in [-0.25, -0.2) is 4.98 Å². The first-order chi connectivity index (χ1) is 9.80. The fourth-order valence-electron chi connectivity index (χ4n) is 2.10. The number of rotatable bonds is 6. The molecule has 5 heteroatoms. The van der Waals surface area contributed by atoms with Crippen molar-refractivity contribution in [2.24, 2.45) is 0 Å². The number of aliphatic hydroxyl groups is 1. The lowest BCUT2D eigenvalue weighted by Gasteiger charge is -2.05. The minimum atomic E-state index is 0.0721. The van der Waals surface area contributed by atoms with E-state index in [1.54, 1.807) is 7.11 Å². The third-order valence-electron chi connectivity index (χ3n) is 3.28. The molecule has 1 aromatic carbocycles. The van der Waals surface area contributed by atoms with Crippen molar-refractivity contribution < 1.29 is 14.6 Å². The average Bonchev–Trinajstić information content (AvgIpc) is 3.25. The molecule has 1 fully saturated rings. The fourth-order valence-corrected chi connectivity index (χ4v) is 3.03. The van der Waals surface area contributed by atoms with Crippen LogP contribution in [0.15, 0.2) is 24.3 Å². The highest BCUT2D eigenvalue weighted by atomic mass is 32.1. The summed E-state index contributed by atoms with van der Waals surface area (Å²) >= 11 is 1.54. The summed E-state index contributed by atoms with van der Waals surface area (Å²) in [4.78, 5) is 5.59. The number of nitrogens with zero attached hydrogens (tertiary/aromatic N) is 1. The Morgan fingerprint density at radius 2 is 2.15 bits per heavy atom. The Morgan fingerprint density at radius 1 is 1.35 bits per heavy atom. The van der Waals surface area contributed by atoms with Gasteiger partial charge in [-0.05, 0) is 25.0 Å². The van der Waals surface area contributed by atoms with Gasteiger partial charge in [-0.2, -0.15) is 0 Å². The summed E-state index contributed by atoms with van der Waals surface area (Å²) in [7, 11) is 1.63. The van der Waals surface area contributed by atoms with Crippen molar-refractivity contribution in [3.8, 4) is 11.5 Å². The maximum absolute atomic E-state index is 9.38. The van der Waals surface area contributed by atoms with Crippen LogP contribution in [0.25, 0.3) is 0 Å². The van der Waals surface area contributed by atoms with Crippen LogP contribution in [0, 0.1) is 0 Å². The van der Waals surface area contributed by atoms with E-state index in [4.69, 9.17) is 9.47 Å². The van der Waals surface area contributed by atoms with Gasteiger partial charge in [0, 0.05) is 12.0 Å². The first-order valence-electron chi connectivity index (χ1n) is 6.66. The average molecular weight is 291 g/mol. The van der Waals surface area contributed by atoms with Crippen molar-refractivity contribution in [2.45, 2.75) is 32.0 Å². The zero-order valence-corrected chi connectivity index (χ0v) is 12.2. The van der Waals surface area contributed by atoms with E-state index < -0.39 is 0 Å². The molecule has 0 amide bonds. The third-order valence-corrected chi connectivity index (χ3v) is 4.31. The van der Waals surface area contributed by atoms with Gasteiger partial charge in [0.1, 0.15) is 23.1 Å². The molecule has 106 valence electrons. The van der Waals surface area contributed by atoms with Crippen LogP contribution in [0.5, 0.6) is 11.5 Å². The SMILES string of the molecule is COc1cccc(OCc2nc(C3CC3)c(CO)s2)c1. The number of hydrogen-bond donors (Lipinski definition) is 1. The lowest BCUT2D eigenvalue weighted by molar-refractivity contribution is 0.284. The van der Waals surface area contributed by atoms with Crippen molar-refractivity contribution in [3.63, 3.8) is 0 Å². The van der Waals surface area contributed by atoms with Gasteiger partial charge < -0.3 is 14.6 Å². The van der Waals surface area contributed by atoms with Crippen molar-refractivity contribution in [1.82, 2.24) is 4.98 Å². The minimum Gasteiger partial charge on any atom is -0.497 e. The summed E-state index contributed by atoms with van der Waals surface area (Å²) in [6.45, 7) is 0.500. The smallest absolute Gasteiger partial charge is 0.140 e. The second-order valence-electron chi connectivity index (χ2n) is 4.82. The molecule has 1 aliphatic rings. The Kier molecular flexibility index (Phi) is 3.89. The predicted molar refractivity (Wildman–Crippen MR) is 77.3 cm³/mol. The molecule has 3 rings (SSSR count). The summed E-state index contributed by atoms with van der Waals surface area (Å²) in [5.74, 6) is 2.09. The summed E-state index contributed by atoms with van der Waals surface area (Å²) < 4.78 is 10.9. The molecule has 0 radical (unpaired) electrons. The Labute approximate surface area is 122 Å². The van der Waals surface area contributed by atoms with Gasteiger partial charge in [0.25, 0.3) is 0 Å². The van der Waals surface area contributed by atoms with Crippen LogP contribution >= 0.6 is 11.3 Å². The molecule has 1 aliphatic carbocycles. The molecule has 0 bridgehead atoms. The molecule has 1 N–H and O–H groups in total. The van der Waals surface area contributed by atoms with Crippen LogP contribution < -0.4 is 9.47 Å². The first kappa shape index (κ1) is 13.4. The standard InChI is InChI=1S/C15H17NO3S/c1-18-11-3-2-4-12(7-11)19-9-14-16-15(10-5-6-10)13(8-17)20-14/h2-4,7,10,17H,5-6,8-9H2,1H3. The molecular weight excluding hydrogens is 274 g/mol. The zero-order valence-electron chi connectivity index (χ0n) is 11.3. The van der Waals surface area contributed by atoms with Crippen molar-refractivity contribution in [2.75, 3.05) is 7.11 Å². The normalized spacial score (nSPS) is 14.3. The lowest BCUT2D eigenvalue weighted by Crippen LogP contribution is -1.95. The van der Waals surface area contributed by atoms with Gasteiger partial charge in [-0.1, -0.05) is 6.07 Å². The largest absolute Gasteiger partial charge is 0.497 e. The third kappa shape index (κ3) is 2.94. The summed E-state index contributed by atoms with van der Waals surface area (Å²) in [5, 5.41) is 10.3. The summed E-state index contributed by atoms with van der Waals surface area (Å²) in [5.41, 5.74) is 1.07. The van der Waals surface area contributed by atoms with Crippen LogP contribution in [0.1, 0.15) is 34.3 Å². The molecule has 0 aliphatic heterocycles. The van der Waals surface area contributed by atoms with Crippen LogP contribution in [-0.2, 0) is 13.2 Å². The number of hydrogen-bond acceptors (Lipinski definition) is 5. The fraction of sp³-hybridized carbons (Fsp3) is 0.400. The Hall–Kier alpha value is -1.59. The van der Waals surface area contributed by atoms with Crippen LogP contribution in [-0.4, -0.2) is 17.2 Å². The monoisotopic (exact) mass is 291 g/mol. The molecule has 2 aromatic rings. The van der Waals surface area contributed by atoms with Gasteiger partial charge in [0.05, 0.1) is 24.3 Å². The Balaban J connectivity index is 1.68. The van der Waals surface area contributed by atoms with Gasteiger partial charge in [0.15, 0.2) is 0 Å². The maximum Gasteiger partial charge on any atom is 0.140 e. The van der Waals surface area contributed by atoms with Crippen molar-refractivity contribution in [1.29, 1.82) is 0 Å². The number of methoxy groups -OCH3 is 1. The first-order valence-corrected chi connectivity index (χ1v) is 7.48. The second kappa shape index (κ2) is 5.81. The number of aliphatic hydroxyl groups excluding tert-OH is 1. The van der Waals surface area contributed by atoms with Gasteiger partial charge in [0.2, 0.25) is 0 Å². The Bertz CT molecular complexity index is 593. The van der Waals surface area contributed by atoms with E-state index in [0.717, 1.165) is 27.1 Å². The number of ether oxygens (including phenoxy) is 2. The highest BCUT2D eigenvalue weighted by Gasteiger charge is 2.29. The molecule has 1 saturated carbocycles. The molecule has 0 atom stereocenters. The van der Waals surface area contributed by atoms with E-state index in [1.807, 2.05) is 24.3 Å². The number of thiazole rings is 1. The van der Waals surface area contributed by atoms with E-state index >= 15 is 0 Å². The molecular formula is C15H17NO3S. The second-order valence-corrected chi connectivity index (χ2v) is 5.98. The molecule has 1 heterocycles. The summed E-state index contributed by atoms with van der Waals surface area (Å²) in [6.07, 6.45) is 2.37. The van der Waals surface area contributed by atoms with Crippen LogP contribution in [0.3, 0.4) is 0 Å². The highest BCUT2D eigenvalue weighted by Crippen LogP contribution is 2.42. The molecule has 20 heavy (non-hydrogen) atoms. The zero-order chi connectivity index (χ0) is 13.9. The molecule has 1 aromatic heterocycles. The van der Waals surface area contributed by atoms with Gasteiger partial charge in [-0.15, -0.1) is 11.3 Å². The Morgan fingerprint density at radius 3 is 2.85 bits per heavy atom. The molecule has 0 unspecified atom stereocenters. The minimum absolute atomic E-state index is 0.0721. The summed E-state index contributed by atoms with van der Waals surface area (Å²) in [6, 6.07) is 7.52. The van der Waals surface area contributed by atoms with E-state index in [-0.39, 0.29) is 6.61 Å². The maximum atomic E-state index is 9.38. The molecule has 0 spiro atoms. The van der Waals surface area contributed by atoms with Crippen LogP contribution in [0.4, 0.5) is 0 Å². The number of aromatic nitrogens is 1. The lowest BCUT2D eigenvalue weighted by atomic mass is 10.2. The number of benzene rings is 1. The predicted octanol–water partition coefficient (Wildman–Crippen LogP) is 3.10. The van der Waals surface area contributed by atoms with Crippen molar-refractivity contribution >= 4 is 11.3 Å². The van der Waals surface area contributed by atoms with E-state index in [0.29, 0.717) is 12.5 Å².